The van der Waals surface area contributed by atoms with Gasteiger partial charge in [-0.25, -0.2) is 0 Å². The summed E-state index contributed by atoms with van der Waals surface area (Å²) in [6.07, 6.45) is 5.80. The molecule has 0 amide bonds. The Hall–Kier alpha value is -4.18. The summed E-state index contributed by atoms with van der Waals surface area (Å²) in [6, 6.07) is 28.7. The predicted octanol–water partition coefficient (Wildman–Crippen LogP) is 8.68. The van der Waals surface area contributed by atoms with Crippen LogP contribution in [0.5, 0.6) is 11.5 Å². The van der Waals surface area contributed by atoms with Gasteiger partial charge in [0.2, 0.25) is 0 Å². The van der Waals surface area contributed by atoms with Crippen LogP contribution in [-0.2, 0) is 13.1 Å². The van der Waals surface area contributed by atoms with Crippen LogP contribution in [0.15, 0.2) is 84.9 Å². The van der Waals surface area contributed by atoms with E-state index >= 15 is 0 Å². The molecular formula is C37H38N2O2. The van der Waals surface area contributed by atoms with Crippen molar-refractivity contribution in [3.8, 4) is 11.5 Å². The van der Waals surface area contributed by atoms with Crippen LogP contribution in [0.2, 0.25) is 0 Å². The molecule has 0 saturated heterocycles. The van der Waals surface area contributed by atoms with Crippen molar-refractivity contribution >= 4 is 16.9 Å². The Bertz CT molecular complexity index is 1640. The first-order valence-corrected chi connectivity index (χ1v) is 14.9. The van der Waals surface area contributed by atoms with Crippen LogP contribution >= 0.6 is 0 Å². The standard InChI is InChI=1S/C37H38N2O2/c1-25-8-4-6-10-34(25)38-21-32-19-30(16-17-36(32)40-23-38)28-12-14-29(15-13-28)31-18-27(3)37-33(20-31)22-39(24-41-37)35-11-7-5-9-26(35)2/h4-11,14,16-20,28H,12-13,15,21-24H2,1-3H3. The maximum Gasteiger partial charge on any atom is 0.161 e. The Morgan fingerprint density at radius 1 is 0.683 bits per heavy atom. The van der Waals surface area contributed by atoms with E-state index in [1.807, 2.05) is 0 Å². The van der Waals surface area contributed by atoms with Crippen LogP contribution in [0.1, 0.15) is 64.1 Å². The van der Waals surface area contributed by atoms with Crippen molar-refractivity contribution in [2.45, 2.75) is 59.0 Å². The highest BCUT2D eigenvalue weighted by molar-refractivity contribution is 5.70. The Labute approximate surface area is 243 Å². The van der Waals surface area contributed by atoms with Crippen molar-refractivity contribution in [1.29, 1.82) is 0 Å². The third-order valence-corrected chi connectivity index (χ3v) is 9.06. The number of anilines is 2. The zero-order valence-corrected chi connectivity index (χ0v) is 24.3. The lowest BCUT2D eigenvalue weighted by molar-refractivity contribution is 0.287. The predicted molar refractivity (Wildman–Crippen MR) is 168 cm³/mol. The van der Waals surface area contributed by atoms with Crippen LogP contribution in [0.3, 0.4) is 0 Å². The van der Waals surface area contributed by atoms with E-state index in [-0.39, 0.29) is 0 Å². The molecular weight excluding hydrogens is 504 g/mol. The highest BCUT2D eigenvalue weighted by Crippen LogP contribution is 2.41. The van der Waals surface area contributed by atoms with Crippen LogP contribution < -0.4 is 19.3 Å². The van der Waals surface area contributed by atoms with E-state index in [2.05, 4.69) is 116 Å². The van der Waals surface area contributed by atoms with Crippen LogP contribution in [0.4, 0.5) is 11.4 Å². The van der Waals surface area contributed by atoms with Crippen molar-refractivity contribution in [2.24, 2.45) is 0 Å². The first kappa shape index (κ1) is 25.8. The summed E-state index contributed by atoms with van der Waals surface area (Å²) in [5, 5.41) is 0. The molecule has 0 bridgehead atoms. The molecule has 0 radical (unpaired) electrons. The monoisotopic (exact) mass is 542 g/mol. The normalized spacial score (nSPS) is 18.1. The number of hydrogen-bond donors (Lipinski definition) is 0. The summed E-state index contributed by atoms with van der Waals surface area (Å²) >= 11 is 0. The van der Waals surface area contributed by atoms with Gasteiger partial charge < -0.3 is 19.3 Å². The van der Waals surface area contributed by atoms with Gasteiger partial charge in [-0.1, -0.05) is 54.6 Å². The fraction of sp³-hybridized carbons (Fsp3) is 0.297. The average Bonchev–Trinajstić information content (AvgIpc) is 3.01. The number of benzene rings is 4. The third kappa shape index (κ3) is 4.97. The highest BCUT2D eigenvalue weighted by Gasteiger charge is 2.25. The molecule has 0 aromatic heterocycles. The number of aryl methyl sites for hydroxylation is 3. The number of hydrogen-bond acceptors (Lipinski definition) is 4. The van der Waals surface area contributed by atoms with Gasteiger partial charge in [0.05, 0.1) is 0 Å². The number of ether oxygens (including phenoxy) is 2. The lowest BCUT2D eigenvalue weighted by Crippen LogP contribution is -2.32. The Morgan fingerprint density at radius 2 is 1.37 bits per heavy atom. The van der Waals surface area contributed by atoms with Gasteiger partial charge in [0.15, 0.2) is 13.5 Å². The lowest BCUT2D eigenvalue weighted by atomic mass is 9.81. The van der Waals surface area contributed by atoms with E-state index in [1.165, 1.54) is 55.9 Å². The Morgan fingerprint density at radius 3 is 2.05 bits per heavy atom. The number of nitrogens with zero attached hydrogens (tertiary/aromatic N) is 2. The maximum absolute atomic E-state index is 6.27. The molecule has 4 nitrogen and oxygen atoms in total. The van der Waals surface area contributed by atoms with E-state index in [4.69, 9.17) is 9.47 Å². The molecule has 2 heterocycles. The van der Waals surface area contributed by atoms with Gasteiger partial charge in [-0.2, -0.15) is 0 Å². The number of rotatable bonds is 4. The summed E-state index contributed by atoms with van der Waals surface area (Å²) in [5.74, 6) is 2.62. The topological polar surface area (TPSA) is 24.9 Å². The van der Waals surface area contributed by atoms with Gasteiger partial charge >= 0.3 is 0 Å². The molecule has 2 aliphatic heterocycles. The molecule has 4 heteroatoms. The zero-order valence-electron chi connectivity index (χ0n) is 24.3. The molecule has 3 aliphatic rings. The van der Waals surface area contributed by atoms with E-state index < -0.39 is 0 Å². The fourth-order valence-electron chi connectivity index (χ4n) is 6.81. The fourth-order valence-corrected chi connectivity index (χ4v) is 6.81. The molecule has 1 unspecified atom stereocenters. The SMILES string of the molecule is Cc1ccccc1N1COc2ccc(C3CC=C(c4cc(C)c5c(c4)CN(c4ccccc4C)CO5)CC3)cc2C1. The van der Waals surface area contributed by atoms with Gasteiger partial charge in [-0.05, 0) is 110 Å². The lowest BCUT2D eigenvalue weighted by Gasteiger charge is -2.33. The second kappa shape index (κ2) is 10.7. The zero-order chi connectivity index (χ0) is 27.9. The maximum atomic E-state index is 6.27. The van der Waals surface area contributed by atoms with Crippen LogP contribution in [0.25, 0.3) is 5.57 Å². The van der Waals surface area contributed by atoms with Crippen LogP contribution in [-0.4, -0.2) is 13.5 Å². The Kier molecular flexibility index (Phi) is 6.70. The average molecular weight is 543 g/mol. The third-order valence-electron chi connectivity index (χ3n) is 9.06. The molecule has 208 valence electrons. The van der Waals surface area contributed by atoms with E-state index in [1.54, 1.807) is 0 Å². The summed E-state index contributed by atoms with van der Waals surface area (Å²) in [4.78, 5) is 4.68. The second-order valence-corrected chi connectivity index (χ2v) is 11.9. The molecule has 0 fully saturated rings. The number of para-hydroxylation sites is 2. The molecule has 0 spiro atoms. The van der Waals surface area contributed by atoms with Crippen molar-refractivity contribution in [2.75, 3.05) is 23.3 Å². The smallest absolute Gasteiger partial charge is 0.161 e. The molecule has 1 atom stereocenters. The van der Waals surface area contributed by atoms with Gasteiger partial charge in [-0.15, -0.1) is 0 Å². The molecule has 1 aliphatic carbocycles. The van der Waals surface area contributed by atoms with E-state index in [0.717, 1.165) is 43.9 Å². The first-order valence-electron chi connectivity index (χ1n) is 14.9. The van der Waals surface area contributed by atoms with Crippen molar-refractivity contribution < 1.29 is 9.47 Å². The van der Waals surface area contributed by atoms with E-state index in [9.17, 15) is 0 Å². The summed E-state index contributed by atoms with van der Waals surface area (Å²) in [7, 11) is 0. The van der Waals surface area contributed by atoms with Gasteiger partial charge in [0.25, 0.3) is 0 Å². The number of fused-ring (bicyclic) bond motifs is 2. The molecule has 0 N–H and O–H groups in total. The minimum atomic E-state index is 0.538. The van der Waals surface area contributed by atoms with Crippen LogP contribution in [0, 0.1) is 20.8 Å². The first-order chi connectivity index (χ1) is 20.0. The van der Waals surface area contributed by atoms with Gasteiger partial charge in [-0.3, -0.25) is 0 Å². The van der Waals surface area contributed by atoms with Gasteiger partial charge in [0.1, 0.15) is 11.5 Å². The summed E-state index contributed by atoms with van der Waals surface area (Å²) < 4.78 is 12.4. The van der Waals surface area contributed by atoms with Crippen molar-refractivity contribution in [3.63, 3.8) is 0 Å². The summed E-state index contributed by atoms with van der Waals surface area (Å²) in [5.41, 5.74) is 13.1. The van der Waals surface area contributed by atoms with Gasteiger partial charge in [0, 0.05) is 35.6 Å². The van der Waals surface area contributed by atoms with E-state index in [0.29, 0.717) is 19.4 Å². The minimum Gasteiger partial charge on any atom is -0.473 e. The molecule has 4 aromatic carbocycles. The van der Waals surface area contributed by atoms with Crippen molar-refractivity contribution in [3.05, 3.63) is 124 Å². The quantitative estimate of drug-likeness (QED) is 0.258. The highest BCUT2D eigenvalue weighted by atomic mass is 16.5. The number of allylic oxidation sites excluding steroid dienone is 2. The molecule has 41 heavy (non-hydrogen) atoms. The molecule has 4 aromatic rings. The second-order valence-electron chi connectivity index (χ2n) is 11.9. The summed E-state index contributed by atoms with van der Waals surface area (Å²) in [6.45, 7) is 9.49. The molecule has 7 rings (SSSR count). The largest absolute Gasteiger partial charge is 0.473 e. The minimum absolute atomic E-state index is 0.538. The Balaban J connectivity index is 1.08. The van der Waals surface area contributed by atoms with Crippen molar-refractivity contribution in [1.82, 2.24) is 0 Å². The molecule has 0 saturated carbocycles.